The molecule has 2 rings (SSSR count). The molecule has 0 aromatic heterocycles. The number of nitrogens with one attached hydrogen (secondary N) is 1. The molecule has 0 saturated carbocycles. The number of carbonyl (C=O) groups is 1. The first-order valence-corrected chi connectivity index (χ1v) is 7.64. The maximum Gasteiger partial charge on any atom is 0.225 e. The van der Waals surface area contributed by atoms with Crippen LogP contribution >= 0.6 is 0 Å². The Hall–Kier alpha value is -1.35. The lowest BCUT2D eigenvalue weighted by Crippen LogP contribution is -2.36. The second-order valence-electron chi connectivity index (χ2n) is 6.09. The summed E-state index contributed by atoms with van der Waals surface area (Å²) in [7, 11) is 0. The largest absolute Gasteiger partial charge is 0.326 e. The van der Waals surface area contributed by atoms with E-state index in [1.807, 2.05) is 12.1 Å². The number of carbonyl (C=O) groups excluding carboxylic acids is 1. The van der Waals surface area contributed by atoms with Crippen molar-refractivity contribution in [1.82, 2.24) is 4.90 Å². The molecule has 110 valence electrons. The van der Waals surface area contributed by atoms with Gasteiger partial charge in [0.2, 0.25) is 5.91 Å². The first-order chi connectivity index (χ1) is 9.56. The van der Waals surface area contributed by atoms with E-state index >= 15 is 0 Å². The van der Waals surface area contributed by atoms with Crippen LogP contribution in [0, 0.1) is 19.8 Å². The molecular weight excluding hydrogens is 248 g/mol. The van der Waals surface area contributed by atoms with E-state index in [1.54, 1.807) is 0 Å². The zero-order chi connectivity index (χ0) is 14.5. The lowest BCUT2D eigenvalue weighted by atomic mass is 10.0. The van der Waals surface area contributed by atoms with Gasteiger partial charge in [-0.05, 0) is 56.3 Å². The minimum Gasteiger partial charge on any atom is -0.326 e. The summed E-state index contributed by atoms with van der Waals surface area (Å²) in [6, 6.07) is 6.04. The van der Waals surface area contributed by atoms with Crippen molar-refractivity contribution in [1.29, 1.82) is 0 Å². The highest BCUT2D eigenvalue weighted by Crippen LogP contribution is 2.19. The number of anilines is 1. The number of amides is 1. The van der Waals surface area contributed by atoms with Crippen molar-refractivity contribution in [2.45, 2.75) is 40.0 Å². The van der Waals surface area contributed by atoms with Gasteiger partial charge in [0, 0.05) is 25.2 Å². The molecule has 3 nitrogen and oxygen atoms in total. The Morgan fingerprint density at radius 3 is 2.95 bits per heavy atom. The maximum atomic E-state index is 12.1. The smallest absolute Gasteiger partial charge is 0.225 e. The van der Waals surface area contributed by atoms with Crippen molar-refractivity contribution in [3.05, 3.63) is 29.3 Å². The van der Waals surface area contributed by atoms with E-state index in [0.29, 0.717) is 6.42 Å². The van der Waals surface area contributed by atoms with Crippen LogP contribution < -0.4 is 5.32 Å². The van der Waals surface area contributed by atoms with Crippen LogP contribution in [-0.2, 0) is 4.79 Å². The van der Waals surface area contributed by atoms with Crippen LogP contribution in [-0.4, -0.2) is 30.4 Å². The molecule has 1 aromatic rings. The van der Waals surface area contributed by atoms with Crippen molar-refractivity contribution in [3.63, 3.8) is 0 Å². The fourth-order valence-corrected chi connectivity index (χ4v) is 2.85. The second kappa shape index (κ2) is 6.89. The van der Waals surface area contributed by atoms with Crippen molar-refractivity contribution in [3.8, 4) is 0 Å². The third kappa shape index (κ3) is 4.07. The summed E-state index contributed by atoms with van der Waals surface area (Å²) in [6.45, 7) is 9.57. The predicted octanol–water partition coefficient (Wildman–Crippen LogP) is 3.36. The van der Waals surface area contributed by atoms with Crippen molar-refractivity contribution in [2.75, 3.05) is 25.0 Å². The molecule has 1 N–H and O–H groups in total. The third-order valence-electron chi connectivity index (χ3n) is 4.27. The van der Waals surface area contributed by atoms with Gasteiger partial charge in [-0.15, -0.1) is 0 Å². The number of aryl methyl sites for hydroxylation is 1. The Morgan fingerprint density at radius 1 is 1.40 bits per heavy atom. The molecule has 1 atom stereocenters. The summed E-state index contributed by atoms with van der Waals surface area (Å²) < 4.78 is 0. The molecule has 1 aromatic carbocycles. The van der Waals surface area contributed by atoms with E-state index in [2.05, 4.69) is 37.1 Å². The fraction of sp³-hybridized carbons (Fsp3) is 0.588. The molecule has 0 spiro atoms. The molecule has 1 saturated heterocycles. The quantitative estimate of drug-likeness (QED) is 0.913. The van der Waals surface area contributed by atoms with E-state index in [0.717, 1.165) is 36.8 Å². The Bertz CT molecular complexity index is 470. The van der Waals surface area contributed by atoms with Gasteiger partial charge in [0.1, 0.15) is 0 Å². The number of nitrogens with zero attached hydrogens (tertiary/aromatic N) is 1. The van der Waals surface area contributed by atoms with Crippen molar-refractivity contribution in [2.24, 2.45) is 5.92 Å². The molecule has 1 fully saturated rings. The van der Waals surface area contributed by atoms with Gasteiger partial charge >= 0.3 is 0 Å². The third-order valence-corrected chi connectivity index (χ3v) is 4.27. The Kier molecular flexibility index (Phi) is 5.18. The Balaban J connectivity index is 1.82. The molecule has 0 radical (unpaired) electrons. The average Bonchev–Trinajstić information content (AvgIpc) is 2.42. The fourth-order valence-electron chi connectivity index (χ4n) is 2.85. The van der Waals surface area contributed by atoms with Gasteiger partial charge < -0.3 is 10.2 Å². The monoisotopic (exact) mass is 274 g/mol. The van der Waals surface area contributed by atoms with Gasteiger partial charge in [-0.3, -0.25) is 4.79 Å². The van der Waals surface area contributed by atoms with Gasteiger partial charge in [-0.2, -0.15) is 0 Å². The van der Waals surface area contributed by atoms with Crippen LogP contribution in [0.15, 0.2) is 18.2 Å². The second-order valence-corrected chi connectivity index (χ2v) is 6.09. The zero-order valence-corrected chi connectivity index (χ0v) is 12.9. The van der Waals surface area contributed by atoms with Crippen LogP contribution in [0.2, 0.25) is 0 Å². The molecular formula is C17H26N2O. The molecule has 1 heterocycles. The molecule has 0 aliphatic carbocycles. The summed E-state index contributed by atoms with van der Waals surface area (Å²) in [5.74, 6) is 0.891. The topological polar surface area (TPSA) is 32.3 Å². The summed E-state index contributed by atoms with van der Waals surface area (Å²) in [4.78, 5) is 14.5. The summed E-state index contributed by atoms with van der Waals surface area (Å²) in [6.07, 6.45) is 3.17. The zero-order valence-electron chi connectivity index (χ0n) is 12.9. The van der Waals surface area contributed by atoms with E-state index in [-0.39, 0.29) is 5.91 Å². The average molecular weight is 274 g/mol. The highest BCUT2D eigenvalue weighted by atomic mass is 16.1. The van der Waals surface area contributed by atoms with Crippen LogP contribution in [0.3, 0.4) is 0 Å². The number of likely N-dealkylation sites (tertiary alicyclic amines) is 1. The van der Waals surface area contributed by atoms with E-state index < -0.39 is 0 Å². The van der Waals surface area contributed by atoms with Crippen LogP contribution in [0.5, 0.6) is 0 Å². The van der Waals surface area contributed by atoms with E-state index in [1.165, 1.54) is 18.4 Å². The lowest BCUT2D eigenvalue weighted by molar-refractivity contribution is -0.116. The standard InChI is InChI=1S/C17H26N2O/c1-13-6-5-10-19(12-13)11-9-17(20)18-16-8-4-7-14(2)15(16)3/h4,7-8,13H,5-6,9-12H2,1-3H3,(H,18,20). The van der Waals surface area contributed by atoms with Gasteiger partial charge in [-0.25, -0.2) is 0 Å². The number of hydrogen-bond acceptors (Lipinski definition) is 2. The van der Waals surface area contributed by atoms with Crippen LogP contribution in [0.4, 0.5) is 5.69 Å². The summed E-state index contributed by atoms with van der Waals surface area (Å²) in [5, 5.41) is 3.04. The van der Waals surface area contributed by atoms with Crippen molar-refractivity contribution >= 4 is 11.6 Å². The van der Waals surface area contributed by atoms with Crippen LogP contribution in [0.1, 0.15) is 37.3 Å². The Labute approximate surface area is 122 Å². The minimum absolute atomic E-state index is 0.122. The molecule has 1 unspecified atom stereocenters. The van der Waals surface area contributed by atoms with Gasteiger partial charge in [0.05, 0.1) is 0 Å². The van der Waals surface area contributed by atoms with Crippen molar-refractivity contribution < 1.29 is 4.79 Å². The number of piperidine rings is 1. The number of hydrogen-bond donors (Lipinski definition) is 1. The Morgan fingerprint density at radius 2 is 2.20 bits per heavy atom. The molecule has 1 aliphatic rings. The SMILES string of the molecule is Cc1cccc(NC(=O)CCN2CCCC(C)C2)c1C. The van der Waals surface area contributed by atoms with Gasteiger partial charge in [-0.1, -0.05) is 19.1 Å². The minimum atomic E-state index is 0.122. The normalized spacial score (nSPS) is 19.9. The molecule has 0 bridgehead atoms. The first-order valence-electron chi connectivity index (χ1n) is 7.64. The number of benzene rings is 1. The van der Waals surface area contributed by atoms with E-state index in [9.17, 15) is 4.79 Å². The highest BCUT2D eigenvalue weighted by molar-refractivity contribution is 5.91. The molecule has 1 amide bonds. The predicted molar refractivity (Wildman–Crippen MR) is 84.0 cm³/mol. The first kappa shape index (κ1) is 15.0. The highest BCUT2D eigenvalue weighted by Gasteiger charge is 2.16. The maximum absolute atomic E-state index is 12.1. The summed E-state index contributed by atoms with van der Waals surface area (Å²) in [5.41, 5.74) is 3.32. The molecule has 20 heavy (non-hydrogen) atoms. The lowest BCUT2D eigenvalue weighted by Gasteiger charge is -2.30. The van der Waals surface area contributed by atoms with E-state index in [4.69, 9.17) is 0 Å². The molecule has 3 heteroatoms. The van der Waals surface area contributed by atoms with Gasteiger partial charge in [0.25, 0.3) is 0 Å². The van der Waals surface area contributed by atoms with Gasteiger partial charge in [0.15, 0.2) is 0 Å². The number of rotatable bonds is 4. The molecule has 1 aliphatic heterocycles. The van der Waals surface area contributed by atoms with Crippen LogP contribution in [0.25, 0.3) is 0 Å². The summed E-state index contributed by atoms with van der Waals surface area (Å²) >= 11 is 0.